The van der Waals surface area contributed by atoms with Crippen LogP contribution >= 0.6 is 7.75 Å². The number of para-hydroxylation sites is 1. The van der Waals surface area contributed by atoms with Gasteiger partial charge in [0.2, 0.25) is 0 Å². The van der Waals surface area contributed by atoms with Crippen molar-refractivity contribution < 1.29 is 41.8 Å². The van der Waals surface area contributed by atoms with Gasteiger partial charge in [-0.25, -0.2) is 23.4 Å². The van der Waals surface area contributed by atoms with Crippen LogP contribution in [-0.2, 0) is 32.9 Å². The molecule has 232 valence electrons. The zero-order chi connectivity index (χ0) is 30.8. The molecule has 15 heteroatoms. The number of ether oxygens (including phenoxy) is 3. The van der Waals surface area contributed by atoms with E-state index in [4.69, 9.17) is 23.3 Å². The van der Waals surface area contributed by atoms with E-state index in [0.717, 1.165) is 32.6 Å². The van der Waals surface area contributed by atoms with Crippen molar-refractivity contribution in [3.8, 4) is 5.75 Å². The van der Waals surface area contributed by atoms with E-state index < -0.39 is 56.3 Å². The van der Waals surface area contributed by atoms with Gasteiger partial charge in [0.1, 0.15) is 36.4 Å². The van der Waals surface area contributed by atoms with Crippen molar-refractivity contribution in [1.82, 2.24) is 24.7 Å². The molecule has 2 fully saturated rings. The Morgan fingerprint density at radius 1 is 1.21 bits per heavy atom. The van der Waals surface area contributed by atoms with Crippen LogP contribution < -0.4 is 9.61 Å². The number of hydrogen-bond donors (Lipinski definition) is 1. The van der Waals surface area contributed by atoms with Crippen LogP contribution in [0.2, 0.25) is 0 Å². The number of halogens is 1. The summed E-state index contributed by atoms with van der Waals surface area (Å²) < 4.78 is 60.4. The summed E-state index contributed by atoms with van der Waals surface area (Å²) in [7, 11) is -4.31. The van der Waals surface area contributed by atoms with Gasteiger partial charge in [0, 0.05) is 6.92 Å². The van der Waals surface area contributed by atoms with Crippen molar-refractivity contribution in [2.45, 2.75) is 89.5 Å². The number of carbonyl (C=O) groups is 2. The van der Waals surface area contributed by atoms with Crippen LogP contribution in [-0.4, -0.2) is 68.2 Å². The molecule has 6 atom stereocenters. The molecule has 1 saturated heterocycles. The lowest BCUT2D eigenvalue weighted by Gasteiger charge is -2.27. The monoisotopic (exact) mass is 619 g/mol. The van der Waals surface area contributed by atoms with Crippen LogP contribution in [0.1, 0.15) is 63.9 Å². The number of nitrogens with one attached hydrogen (secondary N) is 1. The molecule has 0 spiro atoms. The zero-order valence-corrected chi connectivity index (χ0v) is 25.2. The molecule has 2 aliphatic rings. The van der Waals surface area contributed by atoms with Crippen LogP contribution in [0.15, 0.2) is 42.9 Å². The summed E-state index contributed by atoms with van der Waals surface area (Å²) >= 11 is 0. The maximum Gasteiger partial charge on any atom is 0.459 e. The fourth-order valence-corrected chi connectivity index (χ4v) is 6.82. The number of fused-ring (bicyclic) bond motifs is 1. The van der Waals surface area contributed by atoms with Crippen LogP contribution in [0.3, 0.4) is 0 Å². The van der Waals surface area contributed by atoms with E-state index in [2.05, 4.69) is 20.2 Å². The van der Waals surface area contributed by atoms with Gasteiger partial charge in [-0.3, -0.25) is 14.1 Å². The molecular formula is C28H35FN5O8P. The highest BCUT2D eigenvalue weighted by atomic mass is 31.2. The molecule has 0 amide bonds. The third-order valence-corrected chi connectivity index (χ3v) is 9.10. The van der Waals surface area contributed by atoms with Crippen molar-refractivity contribution >= 4 is 25.3 Å². The number of carbonyl (C=O) groups excluding carboxylic acids is 2. The number of benzene rings is 1. The molecule has 43 heavy (non-hydrogen) atoms. The molecule has 0 bridgehead atoms. The van der Waals surface area contributed by atoms with Gasteiger partial charge < -0.3 is 18.7 Å². The second-order valence-electron chi connectivity index (χ2n) is 10.9. The Labute approximate surface area is 248 Å². The van der Waals surface area contributed by atoms with E-state index in [1.807, 2.05) is 0 Å². The van der Waals surface area contributed by atoms with E-state index in [-0.39, 0.29) is 17.5 Å². The predicted octanol–water partition coefficient (Wildman–Crippen LogP) is 4.20. The lowest BCUT2D eigenvalue weighted by Crippen LogP contribution is -2.43. The molecular weight excluding hydrogens is 584 g/mol. The van der Waals surface area contributed by atoms with Crippen molar-refractivity contribution in [3.63, 3.8) is 0 Å². The Kier molecular flexibility index (Phi) is 9.12. The molecule has 2 aromatic heterocycles. The second kappa shape index (κ2) is 12.7. The van der Waals surface area contributed by atoms with Gasteiger partial charge in [0.15, 0.2) is 17.4 Å². The van der Waals surface area contributed by atoms with Crippen molar-refractivity contribution in [1.29, 1.82) is 0 Å². The van der Waals surface area contributed by atoms with Crippen LogP contribution in [0.5, 0.6) is 5.75 Å². The summed E-state index contributed by atoms with van der Waals surface area (Å²) in [5.41, 5.74) is -1.04. The van der Waals surface area contributed by atoms with Gasteiger partial charge in [-0.15, -0.1) is 0 Å². The molecule has 1 aromatic carbocycles. The summed E-state index contributed by atoms with van der Waals surface area (Å²) in [5.74, 6) is -1.15. The lowest BCUT2D eigenvalue weighted by molar-refractivity contribution is -0.155. The SMILES string of the molecule is CC(=O)O[C@@H]1[C@@H](COP(=O)(N[C@@H](C)C(=O)OC2CCCC2)Oc2ccccc2)O[C@@H](c2cnc3c(C)ncnn23)[C@]1(C)F. The summed E-state index contributed by atoms with van der Waals surface area (Å²) in [6.45, 7) is 5.07. The van der Waals surface area contributed by atoms with Gasteiger partial charge in [-0.2, -0.15) is 10.2 Å². The molecule has 1 saturated carbocycles. The van der Waals surface area contributed by atoms with Crippen LogP contribution in [0.4, 0.5) is 4.39 Å². The molecule has 13 nitrogen and oxygen atoms in total. The fourth-order valence-electron chi connectivity index (χ4n) is 5.32. The highest BCUT2D eigenvalue weighted by molar-refractivity contribution is 7.52. The fraction of sp³-hybridized carbons (Fsp3) is 0.536. The molecule has 5 rings (SSSR count). The normalized spacial score (nSPS) is 26.2. The maximum absolute atomic E-state index is 16.5. The average Bonchev–Trinajstić information content (AvgIpc) is 3.68. The number of rotatable bonds is 11. The summed E-state index contributed by atoms with van der Waals surface area (Å²) in [4.78, 5) is 33.2. The van der Waals surface area contributed by atoms with Gasteiger partial charge in [-0.05, 0) is 58.6 Å². The summed E-state index contributed by atoms with van der Waals surface area (Å²) in [6.07, 6.45) is 2.02. The molecule has 3 heterocycles. The first-order chi connectivity index (χ1) is 20.5. The van der Waals surface area contributed by atoms with E-state index in [9.17, 15) is 14.2 Å². The van der Waals surface area contributed by atoms with Gasteiger partial charge in [0.25, 0.3) is 0 Å². The van der Waals surface area contributed by atoms with Crippen LogP contribution in [0.25, 0.3) is 5.65 Å². The van der Waals surface area contributed by atoms with Crippen molar-refractivity contribution in [2.75, 3.05) is 6.61 Å². The largest absolute Gasteiger partial charge is 0.461 e. The summed E-state index contributed by atoms with van der Waals surface area (Å²) in [6, 6.07) is 7.16. The van der Waals surface area contributed by atoms with E-state index in [1.165, 1.54) is 30.9 Å². The van der Waals surface area contributed by atoms with E-state index in [0.29, 0.717) is 11.3 Å². The predicted molar refractivity (Wildman–Crippen MR) is 150 cm³/mol. The molecule has 1 aliphatic heterocycles. The average molecular weight is 620 g/mol. The van der Waals surface area contributed by atoms with Gasteiger partial charge in [0.05, 0.1) is 24.2 Å². The maximum atomic E-state index is 16.5. The van der Waals surface area contributed by atoms with E-state index >= 15 is 4.39 Å². The minimum absolute atomic E-state index is 0.198. The topological polar surface area (TPSA) is 152 Å². The number of nitrogens with zero attached hydrogens (tertiary/aromatic N) is 4. The molecule has 1 unspecified atom stereocenters. The van der Waals surface area contributed by atoms with Crippen molar-refractivity contribution in [2.24, 2.45) is 0 Å². The third kappa shape index (κ3) is 6.87. The Balaban J connectivity index is 1.38. The Morgan fingerprint density at radius 2 is 1.93 bits per heavy atom. The van der Waals surface area contributed by atoms with Gasteiger partial charge in [-0.1, -0.05) is 18.2 Å². The Hall–Kier alpha value is -3.45. The minimum atomic E-state index is -4.31. The standard InChI is InChI=1S/C28H35FN5O8P/c1-17-26-30-14-22(34(26)32-16-31-17)24-28(4,29)25(39-19(3)35)23(41-24)15-38-43(37,42-21-12-6-5-7-13-21)33-18(2)27(36)40-20-10-8-9-11-20/h5-7,12-14,16,18,20,23-25H,8-11,15H2,1-4H3,(H,33,37)/t18-,23+,24-,25+,28-,43?/m0/s1. The molecule has 1 N–H and O–H groups in total. The first kappa shape index (κ1) is 31.0. The van der Waals surface area contributed by atoms with Crippen LogP contribution in [0, 0.1) is 6.92 Å². The number of aryl methyl sites for hydroxylation is 1. The number of alkyl halides is 1. The number of hydrogen-bond acceptors (Lipinski definition) is 11. The number of esters is 2. The molecule has 3 aromatic rings. The smallest absolute Gasteiger partial charge is 0.459 e. The van der Waals surface area contributed by atoms with E-state index in [1.54, 1.807) is 37.3 Å². The first-order valence-electron chi connectivity index (χ1n) is 14.1. The Bertz CT molecular complexity index is 1500. The quantitative estimate of drug-likeness (QED) is 0.242. The zero-order valence-electron chi connectivity index (χ0n) is 24.3. The van der Waals surface area contributed by atoms with Crippen molar-refractivity contribution in [3.05, 3.63) is 54.2 Å². The van der Waals surface area contributed by atoms with Gasteiger partial charge >= 0.3 is 19.7 Å². The number of imidazole rings is 1. The lowest BCUT2D eigenvalue weighted by atomic mass is 9.93. The summed E-state index contributed by atoms with van der Waals surface area (Å²) in [5, 5.41) is 6.81. The highest BCUT2D eigenvalue weighted by Gasteiger charge is 2.59. The number of aromatic nitrogens is 4. The molecule has 1 aliphatic carbocycles. The second-order valence-corrected chi connectivity index (χ2v) is 12.6. The Morgan fingerprint density at radius 3 is 2.63 bits per heavy atom. The highest BCUT2D eigenvalue weighted by Crippen LogP contribution is 2.49. The first-order valence-corrected chi connectivity index (χ1v) is 15.7. The third-order valence-electron chi connectivity index (χ3n) is 7.45. The minimum Gasteiger partial charge on any atom is -0.461 e. The molecule has 0 radical (unpaired) electrons.